The highest BCUT2D eigenvalue weighted by molar-refractivity contribution is 7.99. The first-order valence-corrected chi connectivity index (χ1v) is 10.1. The van der Waals surface area contributed by atoms with E-state index >= 15 is 0 Å². The Morgan fingerprint density at radius 2 is 1.85 bits per heavy atom. The van der Waals surface area contributed by atoms with Gasteiger partial charge in [0.1, 0.15) is 0 Å². The molecular weight excluding hydrogens is 382 g/mol. The summed E-state index contributed by atoms with van der Waals surface area (Å²) < 4.78 is 1.81. The van der Waals surface area contributed by atoms with Crippen LogP contribution >= 0.6 is 23.4 Å². The quantitative estimate of drug-likeness (QED) is 0.614. The smallest absolute Gasteiger partial charge is 0.231 e. The minimum absolute atomic E-state index is 0.0749. The molecule has 27 heavy (non-hydrogen) atoms. The van der Waals surface area contributed by atoms with Gasteiger partial charge in [0.2, 0.25) is 11.1 Å². The lowest BCUT2D eigenvalue weighted by molar-refractivity contribution is -0.119. The van der Waals surface area contributed by atoms with E-state index < -0.39 is 0 Å². The number of halogens is 1. The zero-order valence-electron chi connectivity index (χ0n) is 14.5. The lowest BCUT2D eigenvalue weighted by atomic mass is 9.99. The van der Waals surface area contributed by atoms with Gasteiger partial charge in [0.15, 0.2) is 0 Å². The molecule has 6 nitrogen and oxygen atoms in total. The van der Waals surface area contributed by atoms with Crippen molar-refractivity contribution in [1.29, 1.82) is 0 Å². The summed E-state index contributed by atoms with van der Waals surface area (Å²) in [4.78, 5) is 12.6. The molecular formula is C19H18ClN5OS. The van der Waals surface area contributed by atoms with Gasteiger partial charge in [0, 0.05) is 5.02 Å². The van der Waals surface area contributed by atoms with Crippen LogP contribution in [0.15, 0.2) is 59.8 Å². The normalized spacial score (nSPS) is 14.7. The fraction of sp³-hybridized carbons (Fsp3) is 0.263. The Morgan fingerprint density at radius 3 is 2.56 bits per heavy atom. The molecule has 138 valence electrons. The largest absolute Gasteiger partial charge is 0.344 e. The molecule has 4 rings (SSSR count). The number of nitrogens with one attached hydrogen (secondary N) is 1. The highest BCUT2D eigenvalue weighted by atomic mass is 35.5. The van der Waals surface area contributed by atoms with Crippen LogP contribution in [0.5, 0.6) is 0 Å². The summed E-state index contributed by atoms with van der Waals surface area (Å²) in [5, 5.41) is 16.2. The van der Waals surface area contributed by atoms with Crippen molar-refractivity contribution in [3.05, 3.63) is 70.7 Å². The molecule has 0 bridgehead atoms. The third kappa shape index (κ3) is 4.48. The van der Waals surface area contributed by atoms with Crippen LogP contribution < -0.4 is 5.32 Å². The van der Waals surface area contributed by atoms with E-state index in [1.807, 2.05) is 59.3 Å². The Balaban J connectivity index is 1.46. The molecule has 1 saturated carbocycles. The predicted octanol–water partition coefficient (Wildman–Crippen LogP) is 3.66. The van der Waals surface area contributed by atoms with Gasteiger partial charge in [-0.05, 0) is 46.5 Å². The molecule has 0 aliphatic heterocycles. The number of hydrogen-bond acceptors (Lipinski definition) is 5. The van der Waals surface area contributed by atoms with Gasteiger partial charge in [-0.15, -0.1) is 5.10 Å². The third-order valence-electron chi connectivity index (χ3n) is 4.33. The lowest BCUT2D eigenvalue weighted by Gasteiger charge is -2.20. The maximum absolute atomic E-state index is 12.6. The molecule has 2 aromatic carbocycles. The molecule has 0 radical (unpaired) electrons. The molecule has 1 heterocycles. The van der Waals surface area contributed by atoms with Crippen molar-refractivity contribution in [3.8, 4) is 0 Å². The molecule has 8 heteroatoms. The van der Waals surface area contributed by atoms with Crippen LogP contribution in [0.1, 0.15) is 36.1 Å². The Kier molecular flexibility index (Phi) is 5.40. The summed E-state index contributed by atoms with van der Waals surface area (Å²) in [5.41, 5.74) is 1.99. The monoisotopic (exact) mass is 399 g/mol. The fourth-order valence-electron chi connectivity index (χ4n) is 2.82. The van der Waals surface area contributed by atoms with Gasteiger partial charge in [0.05, 0.1) is 17.8 Å². The van der Waals surface area contributed by atoms with Crippen molar-refractivity contribution < 1.29 is 4.79 Å². The lowest BCUT2D eigenvalue weighted by Crippen LogP contribution is -2.30. The van der Waals surface area contributed by atoms with Gasteiger partial charge in [-0.3, -0.25) is 4.79 Å². The zero-order chi connectivity index (χ0) is 18.6. The summed E-state index contributed by atoms with van der Waals surface area (Å²) in [5.74, 6) is 0.179. The average Bonchev–Trinajstić information content (AvgIpc) is 3.44. The number of rotatable bonds is 7. The van der Waals surface area contributed by atoms with Gasteiger partial charge < -0.3 is 5.32 Å². The van der Waals surface area contributed by atoms with Gasteiger partial charge in [-0.2, -0.15) is 0 Å². The molecule has 0 spiro atoms. The second-order valence-electron chi connectivity index (χ2n) is 6.39. The first-order chi connectivity index (χ1) is 13.2. The molecule has 1 aliphatic rings. The van der Waals surface area contributed by atoms with Crippen molar-refractivity contribution >= 4 is 29.3 Å². The van der Waals surface area contributed by atoms with Crippen molar-refractivity contribution in [3.63, 3.8) is 0 Å². The van der Waals surface area contributed by atoms with E-state index in [2.05, 4.69) is 20.8 Å². The number of benzene rings is 2. The second kappa shape index (κ2) is 8.10. The summed E-state index contributed by atoms with van der Waals surface area (Å²) in [6.07, 6.45) is 2.19. The average molecular weight is 400 g/mol. The number of tetrazole rings is 1. The van der Waals surface area contributed by atoms with Crippen molar-refractivity contribution in [1.82, 2.24) is 25.5 Å². The molecule has 1 N–H and O–H groups in total. The van der Waals surface area contributed by atoms with E-state index in [1.165, 1.54) is 11.8 Å². The molecule has 1 amide bonds. The molecule has 1 aliphatic carbocycles. The van der Waals surface area contributed by atoms with Crippen molar-refractivity contribution in [2.45, 2.75) is 30.1 Å². The Labute approximate surface area is 166 Å². The van der Waals surface area contributed by atoms with Crippen LogP contribution in [0.3, 0.4) is 0 Å². The number of amides is 1. The van der Waals surface area contributed by atoms with E-state index in [0.29, 0.717) is 16.2 Å². The van der Waals surface area contributed by atoms with Gasteiger partial charge in [-0.25, -0.2) is 4.68 Å². The minimum atomic E-state index is -0.240. The van der Waals surface area contributed by atoms with Gasteiger partial charge >= 0.3 is 0 Å². The highest BCUT2D eigenvalue weighted by Crippen LogP contribution is 2.36. The van der Waals surface area contributed by atoms with Crippen LogP contribution in [-0.4, -0.2) is 31.9 Å². The number of carbonyl (C=O) groups is 1. The van der Waals surface area contributed by atoms with E-state index in [1.54, 1.807) is 0 Å². The number of hydrogen-bond donors (Lipinski definition) is 1. The predicted molar refractivity (Wildman–Crippen MR) is 105 cm³/mol. The molecule has 0 unspecified atom stereocenters. The van der Waals surface area contributed by atoms with Crippen LogP contribution in [0.2, 0.25) is 5.02 Å². The topological polar surface area (TPSA) is 72.7 Å². The Hall–Kier alpha value is -2.38. The number of thioether (sulfide) groups is 1. The van der Waals surface area contributed by atoms with E-state index in [9.17, 15) is 4.79 Å². The summed E-state index contributed by atoms with van der Waals surface area (Å²) in [6, 6.07) is 17.6. The molecule has 1 aromatic heterocycles. The number of aromatic nitrogens is 4. The first-order valence-electron chi connectivity index (χ1n) is 8.71. The van der Waals surface area contributed by atoms with E-state index in [-0.39, 0.29) is 17.7 Å². The number of carbonyl (C=O) groups excluding carboxylic acids is 1. The number of nitrogens with zero attached hydrogens (tertiary/aromatic N) is 4. The summed E-state index contributed by atoms with van der Waals surface area (Å²) in [6.45, 7) is 0. The Morgan fingerprint density at radius 1 is 1.15 bits per heavy atom. The maximum atomic E-state index is 12.6. The molecule has 0 saturated heterocycles. The molecule has 1 fully saturated rings. The SMILES string of the molecule is O=C(CSc1nnnn1C1CC1)N[C@H](c1ccccc1)c1ccc(Cl)cc1. The third-order valence-corrected chi connectivity index (χ3v) is 5.51. The van der Waals surface area contributed by atoms with Crippen LogP contribution in [0.25, 0.3) is 0 Å². The fourth-order valence-corrected chi connectivity index (χ4v) is 3.70. The van der Waals surface area contributed by atoms with Crippen LogP contribution in [0, 0.1) is 0 Å². The van der Waals surface area contributed by atoms with Gasteiger partial charge in [0.25, 0.3) is 0 Å². The molecule has 1 atom stereocenters. The zero-order valence-corrected chi connectivity index (χ0v) is 16.0. The maximum Gasteiger partial charge on any atom is 0.231 e. The first kappa shape index (κ1) is 18.0. The summed E-state index contributed by atoms with van der Waals surface area (Å²) in [7, 11) is 0. The van der Waals surface area contributed by atoms with Gasteiger partial charge in [-0.1, -0.05) is 65.8 Å². The van der Waals surface area contributed by atoms with Crippen molar-refractivity contribution in [2.24, 2.45) is 0 Å². The Bertz CT molecular complexity index is 911. The van der Waals surface area contributed by atoms with Crippen molar-refractivity contribution in [2.75, 3.05) is 5.75 Å². The van der Waals surface area contributed by atoms with Crippen LogP contribution in [0.4, 0.5) is 0 Å². The second-order valence-corrected chi connectivity index (χ2v) is 7.77. The molecule has 3 aromatic rings. The minimum Gasteiger partial charge on any atom is -0.344 e. The van der Waals surface area contributed by atoms with E-state index in [0.717, 1.165) is 24.0 Å². The standard InChI is InChI=1S/C19H18ClN5OS/c20-15-8-6-14(7-9-15)18(13-4-2-1-3-5-13)21-17(26)12-27-19-22-23-24-25(19)16-10-11-16/h1-9,16,18H,10-12H2,(H,21,26)/t18-/m1/s1. The summed E-state index contributed by atoms with van der Waals surface area (Å²) >= 11 is 7.37. The highest BCUT2D eigenvalue weighted by Gasteiger charge is 2.28. The van der Waals surface area contributed by atoms with E-state index in [4.69, 9.17) is 11.6 Å². The van der Waals surface area contributed by atoms with Crippen LogP contribution in [-0.2, 0) is 4.79 Å².